The van der Waals surface area contributed by atoms with Gasteiger partial charge in [0, 0.05) is 43.9 Å². The summed E-state index contributed by atoms with van der Waals surface area (Å²) in [5.41, 5.74) is 2.63. The van der Waals surface area contributed by atoms with Crippen molar-refractivity contribution in [3.05, 3.63) is 82.6 Å². The molecule has 7 heteroatoms. The van der Waals surface area contributed by atoms with Crippen LogP contribution in [0.1, 0.15) is 21.6 Å². The first-order valence-electron chi connectivity index (χ1n) is 10.1. The van der Waals surface area contributed by atoms with Crippen LogP contribution in [0.15, 0.2) is 60.8 Å². The summed E-state index contributed by atoms with van der Waals surface area (Å²) in [6.45, 7) is 6.04. The van der Waals surface area contributed by atoms with Crippen molar-refractivity contribution in [2.24, 2.45) is 0 Å². The lowest BCUT2D eigenvalue weighted by Crippen LogP contribution is -2.48. The van der Waals surface area contributed by atoms with Gasteiger partial charge in [-0.1, -0.05) is 48.0 Å². The number of aromatic nitrogens is 2. The second-order valence-corrected chi connectivity index (χ2v) is 7.85. The van der Waals surface area contributed by atoms with Crippen LogP contribution >= 0.6 is 11.6 Å². The molecule has 0 bridgehead atoms. The minimum atomic E-state index is -0.0398. The first-order valence-corrected chi connectivity index (χ1v) is 10.4. The SMILES string of the molecule is Cc1ccccc1OCn1ccc(C(=O)N2CCN(Cc3ccccc3Cl)CC2)n1. The van der Waals surface area contributed by atoms with Crippen LogP contribution in [0.4, 0.5) is 0 Å². The third-order valence-corrected chi connectivity index (χ3v) is 5.69. The quantitative estimate of drug-likeness (QED) is 0.603. The monoisotopic (exact) mass is 424 g/mol. The Hall–Kier alpha value is -2.83. The van der Waals surface area contributed by atoms with E-state index in [1.54, 1.807) is 16.9 Å². The first-order chi connectivity index (χ1) is 14.6. The topological polar surface area (TPSA) is 50.6 Å². The predicted octanol–water partition coefficient (Wildman–Crippen LogP) is 3.84. The van der Waals surface area contributed by atoms with Gasteiger partial charge in [0.1, 0.15) is 5.75 Å². The van der Waals surface area contributed by atoms with Gasteiger partial charge in [0.2, 0.25) is 0 Å². The molecule has 156 valence electrons. The third kappa shape index (κ3) is 4.83. The van der Waals surface area contributed by atoms with Gasteiger partial charge in [0.25, 0.3) is 5.91 Å². The molecule has 6 nitrogen and oxygen atoms in total. The number of halogens is 1. The van der Waals surface area contributed by atoms with Crippen LogP contribution in [-0.4, -0.2) is 51.7 Å². The summed E-state index contributed by atoms with van der Waals surface area (Å²) in [7, 11) is 0. The fourth-order valence-corrected chi connectivity index (χ4v) is 3.74. The van der Waals surface area contributed by atoms with E-state index in [-0.39, 0.29) is 12.6 Å². The van der Waals surface area contributed by atoms with Gasteiger partial charge in [0.15, 0.2) is 12.4 Å². The summed E-state index contributed by atoms with van der Waals surface area (Å²) in [4.78, 5) is 17.0. The van der Waals surface area contributed by atoms with E-state index in [9.17, 15) is 4.79 Å². The van der Waals surface area contributed by atoms with Crippen molar-refractivity contribution in [3.8, 4) is 5.75 Å². The Morgan fingerprint density at radius 2 is 1.77 bits per heavy atom. The first kappa shape index (κ1) is 20.4. The van der Waals surface area contributed by atoms with Gasteiger partial charge in [-0.15, -0.1) is 0 Å². The highest BCUT2D eigenvalue weighted by Crippen LogP contribution is 2.19. The zero-order valence-electron chi connectivity index (χ0n) is 17.0. The highest BCUT2D eigenvalue weighted by molar-refractivity contribution is 6.31. The van der Waals surface area contributed by atoms with Crippen LogP contribution in [0.2, 0.25) is 5.02 Å². The second-order valence-electron chi connectivity index (χ2n) is 7.44. The van der Waals surface area contributed by atoms with E-state index in [1.807, 2.05) is 60.4 Å². The molecule has 2 heterocycles. The van der Waals surface area contributed by atoms with Gasteiger partial charge < -0.3 is 9.64 Å². The Labute approximate surface area is 181 Å². The van der Waals surface area contributed by atoms with Gasteiger partial charge in [-0.3, -0.25) is 9.69 Å². The summed E-state index contributed by atoms with van der Waals surface area (Å²) in [5, 5.41) is 5.18. The molecular formula is C23H25ClN4O2. The van der Waals surface area contributed by atoms with Crippen molar-refractivity contribution < 1.29 is 9.53 Å². The number of para-hydroxylation sites is 1. The van der Waals surface area contributed by atoms with Crippen molar-refractivity contribution in [2.45, 2.75) is 20.2 Å². The van der Waals surface area contributed by atoms with Crippen LogP contribution in [0, 0.1) is 6.92 Å². The van der Waals surface area contributed by atoms with Gasteiger partial charge in [-0.05, 0) is 36.2 Å². The Morgan fingerprint density at radius 1 is 1.03 bits per heavy atom. The number of piperazine rings is 1. The van der Waals surface area contributed by atoms with Crippen molar-refractivity contribution in [1.82, 2.24) is 19.6 Å². The number of carbonyl (C=O) groups is 1. The van der Waals surface area contributed by atoms with E-state index in [0.29, 0.717) is 18.8 Å². The van der Waals surface area contributed by atoms with E-state index in [2.05, 4.69) is 10.00 Å². The number of amides is 1. The van der Waals surface area contributed by atoms with E-state index in [1.165, 1.54) is 0 Å². The number of rotatable bonds is 6. The molecule has 1 aliphatic heterocycles. The van der Waals surface area contributed by atoms with Crippen molar-refractivity contribution in [3.63, 3.8) is 0 Å². The standard InChI is InChI=1S/C23H25ClN4O2/c1-18-6-2-5-9-22(18)30-17-28-11-10-21(25-28)23(29)27-14-12-26(13-15-27)16-19-7-3-4-8-20(19)24/h2-11H,12-17H2,1H3. The van der Waals surface area contributed by atoms with Crippen molar-refractivity contribution in [2.75, 3.05) is 26.2 Å². The molecule has 4 rings (SSSR count). The molecule has 0 atom stereocenters. The fourth-order valence-electron chi connectivity index (χ4n) is 3.54. The normalized spacial score (nSPS) is 14.7. The molecule has 0 aliphatic carbocycles. The van der Waals surface area contributed by atoms with Crippen molar-refractivity contribution >= 4 is 17.5 Å². The maximum Gasteiger partial charge on any atom is 0.274 e. The van der Waals surface area contributed by atoms with Crippen LogP contribution in [0.25, 0.3) is 0 Å². The van der Waals surface area contributed by atoms with E-state index < -0.39 is 0 Å². The maximum absolute atomic E-state index is 12.8. The molecule has 1 saturated heterocycles. The molecule has 1 amide bonds. The Morgan fingerprint density at radius 3 is 2.53 bits per heavy atom. The predicted molar refractivity (Wildman–Crippen MR) is 117 cm³/mol. The van der Waals surface area contributed by atoms with Crippen LogP contribution in [-0.2, 0) is 13.3 Å². The highest BCUT2D eigenvalue weighted by atomic mass is 35.5. The number of benzene rings is 2. The zero-order chi connectivity index (χ0) is 20.9. The van der Waals surface area contributed by atoms with Gasteiger partial charge in [0.05, 0.1) is 0 Å². The molecule has 2 aromatic carbocycles. The summed E-state index contributed by atoms with van der Waals surface area (Å²) in [6, 6.07) is 17.5. The Bertz CT molecular complexity index is 1010. The van der Waals surface area contributed by atoms with Gasteiger partial charge >= 0.3 is 0 Å². The summed E-state index contributed by atoms with van der Waals surface area (Å²) in [5.74, 6) is 0.776. The minimum absolute atomic E-state index is 0.0398. The molecular weight excluding hydrogens is 400 g/mol. The van der Waals surface area contributed by atoms with E-state index in [0.717, 1.165) is 41.5 Å². The number of ether oxygens (including phenoxy) is 1. The summed E-state index contributed by atoms with van der Waals surface area (Å²) >= 11 is 6.27. The molecule has 0 N–H and O–H groups in total. The van der Waals surface area contributed by atoms with Crippen LogP contribution < -0.4 is 4.74 Å². The molecule has 0 saturated carbocycles. The second kappa shape index (κ2) is 9.32. The number of hydrogen-bond donors (Lipinski definition) is 0. The molecule has 1 fully saturated rings. The number of hydrogen-bond acceptors (Lipinski definition) is 4. The lowest BCUT2D eigenvalue weighted by molar-refractivity contribution is 0.0621. The van der Waals surface area contributed by atoms with E-state index in [4.69, 9.17) is 16.3 Å². The average Bonchev–Trinajstić information content (AvgIpc) is 3.24. The fraction of sp³-hybridized carbons (Fsp3) is 0.304. The van der Waals surface area contributed by atoms with Crippen LogP contribution in [0.5, 0.6) is 5.75 Å². The summed E-state index contributed by atoms with van der Waals surface area (Å²) < 4.78 is 7.45. The minimum Gasteiger partial charge on any atom is -0.471 e. The number of carbonyl (C=O) groups excluding carboxylic acids is 1. The van der Waals surface area contributed by atoms with Crippen molar-refractivity contribution in [1.29, 1.82) is 0 Å². The number of aryl methyl sites for hydroxylation is 1. The largest absolute Gasteiger partial charge is 0.471 e. The van der Waals surface area contributed by atoms with Gasteiger partial charge in [-0.2, -0.15) is 5.10 Å². The highest BCUT2D eigenvalue weighted by Gasteiger charge is 2.24. The molecule has 1 aromatic heterocycles. The third-order valence-electron chi connectivity index (χ3n) is 5.32. The molecule has 30 heavy (non-hydrogen) atoms. The molecule has 0 spiro atoms. The summed E-state index contributed by atoms with van der Waals surface area (Å²) in [6.07, 6.45) is 1.78. The molecule has 0 radical (unpaired) electrons. The number of nitrogens with zero attached hydrogens (tertiary/aromatic N) is 4. The van der Waals surface area contributed by atoms with E-state index >= 15 is 0 Å². The van der Waals surface area contributed by atoms with Crippen LogP contribution in [0.3, 0.4) is 0 Å². The Kier molecular flexibility index (Phi) is 6.35. The molecule has 1 aliphatic rings. The molecule has 0 unspecified atom stereocenters. The van der Waals surface area contributed by atoms with Gasteiger partial charge in [-0.25, -0.2) is 4.68 Å². The smallest absolute Gasteiger partial charge is 0.274 e. The Balaban J connectivity index is 1.29. The maximum atomic E-state index is 12.8. The lowest BCUT2D eigenvalue weighted by atomic mass is 10.2. The molecule has 3 aromatic rings. The average molecular weight is 425 g/mol. The lowest BCUT2D eigenvalue weighted by Gasteiger charge is -2.34. The zero-order valence-corrected chi connectivity index (χ0v) is 17.8.